The third-order valence-corrected chi connectivity index (χ3v) is 5.34. The molecule has 12 nitrogen and oxygen atoms in total. The Labute approximate surface area is 229 Å². The van der Waals surface area contributed by atoms with E-state index in [1.165, 1.54) is 0 Å². The number of rotatable bonds is 15. The average Bonchev–Trinajstić information content (AvgIpc) is 2.90. The minimum atomic E-state index is -2.42. The third kappa shape index (κ3) is 11.0. The highest BCUT2D eigenvalue weighted by atomic mass is 16.6. The van der Waals surface area contributed by atoms with Crippen molar-refractivity contribution in [1.29, 1.82) is 0 Å². The molecular formula is C27H40N6O6. The van der Waals surface area contributed by atoms with E-state index in [9.17, 15) is 19.2 Å². The maximum Gasteiger partial charge on any atom is 0.356 e. The lowest BCUT2D eigenvalue weighted by atomic mass is 9.98. The van der Waals surface area contributed by atoms with Crippen molar-refractivity contribution in [1.82, 2.24) is 10.6 Å². The molecule has 0 saturated carbocycles. The van der Waals surface area contributed by atoms with Gasteiger partial charge in [0.1, 0.15) is 6.04 Å². The van der Waals surface area contributed by atoms with Crippen LogP contribution in [0.2, 0.25) is 0 Å². The van der Waals surface area contributed by atoms with Gasteiger partial charge in [0, 0.05) is 13.0 Å². The molecule has 39 heavy (non-hydrogen) atoms. The van der Waals surface area contributed by atoms with E-state index < -0.39 is 41.4 Å². The number of carbonyl (C=O) groups excluding carboxylic acids is 4. The Hall–Kier alpha value is -4.11. The van der Waals surface area contributed by atoms with Crippen LogP contribution in [0.5, 0.6) is 0 Å². The lowest BCUT2D eigenvalue weighted by Gasteiger charge is -2.28. The van der Waals surface area contributed by atoms with E-state index in [2.05, 4.69) is 27.5 Å². The molecule has 0 aliphatic heterocycles. The van der Waals surface area contributed by atoms with Crippen molar-refractivity contribution in [3.8, 4) is 11.8 Å². The first-order valence-corrected chi connectivity index (χ1v) is 12.9. The van der Waals surface area contributed by atoms with Crippen LogP contribution in [0.3, 0.4) is 0 Å². The highest BCUT2D eigenvalue weighted by molar-refractivity contribution is 6.12. The van der Waals surface area contributed by atoms with E-state index in [1.54, 1.807) is 13.8 Å². The Balaban J connectivity index is 3.30. The number of unbranched alkanes of at least 4 members (excludes halogenated alkanes) is 1. The molecule has 0 unspecified atom stereocenters. The Morgan fingerprint density at radius 2 is 1.62 bits per heavy atom. The van der Waals surface area contributed by atoms with Crippen molar-refractivity contribution < 1.29 is 28.7 Å². The second-order valence-electron chi connectivity index (χ2n) is 8.54. The molecule has 0 aromatic heterocycles. The van der Waals surface area contributed by atoms with E-state index in [0.29, 0.717) is 12.8 Å². The molecule has 214 valence electrons. The molecule has 0 aliphatic rings. The molecule has 0 aliphatic carbocycles. The van der Waals surface area contributed by atoms with Crippen molar-refractivity contribution in [3.05, 3.63) is 35.9 Å². The standard InChI is InChI=1S/C27H40N6O6/c1-4-7-11-16-27(24(36)38-5-2,25(37)39-6-3)33-23(35)21(15-12-17-31-26(29)30)32-22(34)20(28)18-19-13-9-8-10-14-19/h8-10,13-14,20-21H,4-7,12,15,17-18,28H2,1-3H3,(H,32,34)(H,33,35)(H4,29,30,31)/t20-,21-/m0/s1. The molecule has 2 atom stereocenters. The number of guanidine groups is 1. The second-order valence-corrected chi connectivity index (χ2v) is 8.54. The molecule has 2 amide bonds. The number of esters is 2. The van der Waals surface area contributed by atoms with Gasteiger partial charge in [0.15, 0.2) is 5.96 Å². The lowest BCUT2D eigenvalue weighted by Crippen LogP contribution is -2.64. The summed E-state index contributed by atoms with van der Waals surface area (Å²) in [5.74, 6) is 1.52. The highest BCUT2D eigenvalue weighted by Gasteiger charge is 2.50. The summed E-state index contributed by atoms with van der Waals surface area (Å²) in [6.07, 6.45) is 1.58. The molecule has 8 N–H and O–H groups in total. The van der Waals surface area contributed by atoms with Crippen LogP contribution in [-0.4, -0.2) is 67.1 Å². The van der Waals surface area contributed by atoms with Gasteiger partial charge in [-0.2, -0.15) is 0 Å². The monoisotopic (exact) mass is 544 g/mol. The number of carbonyl (C=O) groups is 4. The Morgan fingerprint density at radius 1 is 1.00 bits per heavy atom. The van der Waals surface area contributed by atoms with Crippen molar-refractivity contribution in [2.45, 2.75) is 70.5 Å². The fraction of sp³-hybridized carbons (Fsp3) is 0.519. The van der Waals surface area contributed by atoms with Gasteiger partial charge >= 0.3 is 11.9 Å². The number of ether oxygens (including phenoxy) is 2. The molecule has 0 saturated heterocycles. The van der Waals surface area contributed by atoms with Crippen LogP contribution in [0, 0.1) is 11.8 Å². The average molecular weight is 545 g/mol. The van der Waals surface area contributed by atoms with E-state index in [-0.39, 0.29) is 45.0 Å². The smallest absolute Gasteiger partial charge is 0.356 e. The summed E-state index contributed by atoms with van der Waals surface area (Å²) in [7, 11) is 0. The number of benzene rings is 1. The number of aliphatic imine (C=N–C) groups is 1. The molecule has 0 spiro atoms. The molecule has 0 heterocycles. The van der Waals surface area contributed by atoms with Crippen LogP contribution in [0.4, 0.5) is 0 Å². The number of amides is 2. The Morgan fingerprint density at radius 3 is 2.15 bits per heavy atom. The summed E-state index contributed by atoms with van der Waals surface area (Å²) < 4.78 is 10.2. The minimum absolute atomic E-state index is 0.0660. The third-order valence-electron chi connectivity index (χ3n) is 5.34. The van der Waals surface area contributed by atoms with Gasteiger partial charge in [-0.15, -0.1) is 0 Å². The van der Waals surface area contributed by atoms with Gasteiger partial charge in [-0.25, -0.2) is 9.59 Å². The molecule has 0 bridgehead atoms. The predicted octanol–water partition coefficient (Wildman–Crippen LogP) is -0.120. The van der Waals surface area contributed by atoms with Crippen LogP contribution in [0.15, 0.2) is 35.3 Å². The second kappa shape index (κ2) is 17.4. The van der Waals surface area contributed by atoms with Crippen molar-refractivity contribution in [2.75, 3.05) is 19.8 Å². The molecule has 0 fully saturated rings. The largest absolute Gasteiger partial charge is 0.463 e. The molecule has 12 heteroatoms. The lowest BCUT2D eigenvalue weighted by molar-refractivity contribution is -0.164. The van der Waals surface area contributed by atoms with Crippen LogP contribution < -0.4 is 27.8 Å². The van der Waals surface area contributed by atoms with Crippen LogP contribution in [0.1, 0.15) is 52.0 Å². The SMILES string of the molecule is CCCC#CC(NC(=O)[C@H](CCCN=C(N)N)NC(=O)[C@@H](N)Cc1ccccc1)(C(=O)OCC)C(=O)OCC. The van der Waals surface area contributed by atoms with Gasteiger partial charge in [0.2, 0.25) is 11.8 Å². The quantitative estimate of drug-likeness (QED) is 0.0498. The van der Waals surface area contributed by atoms with E-state index >= 15 is 0 Å². The maximum atomic E-state index is 13.5. The first-order chi connectivity index (χ1) is 18.6. The summed E-state index contributed by atoms with van der Waals surface area (Å²) >= 11 is 0. The number of nitrogens with two attached hydrogens (primary N) is 3. The first kappa shape index (κ1) is 32.9. The fourth-order valence-electron chi connectivity index (χ4n) is 3.40. The predicted molar refractivity (Wildman–Crippen MR) is 147 cm³/mol. The normalized spacial score (nSPS) is 12.1. The summed E-state index contributed by atoms with van der Waals surface area (Å²) in [4.78, 5) is 56.4. The summed E-state index contributed by atoms with van der Waals surface area (Å²) in [5.41, 5.74) is 15.3. The topological polar surface area (TPSA) is 201 Å². The van der Waals surface area contributed by atoms with E-state index in [0.717, 1.165) is 5.56 Å². The molecule has 1 rings (SSSR count). The fourth-order valence-corrected chi connectivity index (χ4v) is 3.40. The van der Waals surface area contributed by atoms with E-state index in [1.807, 2.05) is 37.3 Å². The number of hydrogen-bond acceptors (Lipinski definition) is 8. The van der Waals surface area contributed by atoms with Crippen LogP contribution >= 0.6 is 0 Å². The number of nitrogens with one attached hydrogen (secondary N) is 2. The Kier molecular flexibility index (Phi) is 14.7. The summed E-state index contributed by atoms with van der Waals surface area (Å²) in [6, 6.07) is 6.97. The maximum absolute atomic E-state index is 13.5. The van der Waals surface area contributed by atoms with Crippen molar-refractivity contribution in [3.63, 3.8) is 0 Å². The van der Waals surface area contributed by atoms with Crippen molar-refractivity contribution >= 4 is 29.7 Å². The van der Waals surface area contributed by atoms with Gasteiger partial charge in [-0.05, 0) is 45.1 Å². The number of hydrogen-bond donors (Lipinski definition) is 5. The van der Waals surface area contributed by atoms with Gasteiger partial charge in [-0.1, -0.05) is 49.1 Å². The number of nitrogens with zero attached hydrogens (tertiary/aromatic N) is 1. The molecule has 1 aromatic rings. The van der Waals surface area contributed by atoms with Crippen LogP contribution in [0.25, 0.3) is 0 Å². The van der Waals surface area contributed by atoms with Gasteiger partial charge < -0.3 is 37.3 Å². The molecule has 0 radical (unpaired) electrons. The molecular weight excluding hydrogens is 504 g/mol. The first-order valence-electron chi connectivity index (χ1n) is 12.9. The zero-order chi connectivity index (χ0) is 29.3. The van der Waals surface area contributed by atoms with Gasteiger partial charge in [0.05, 0.1) is 19.3 Å². The van der Waals surface area contributed by atoms with E-state index in [4.69, 9.17) is 26.7 Å². The minimum Gasteiger partial charge on any atom is -0.463 e. The van der Waals surface area contributed by atoms with Crippen LogP contribution in [-0.2, 0) is 35.1 Å². The zero-order valence-electron chi connectivity index (χ0n) is 22.8. The summed E-state index contributed by atoms with van der Waals surface area (Å²) in [5, 5.41) is 5.02. The zero-order valence-corrected chi connectivity index (χ0v) is 22.8. The summed E-state index contributed by atoms with van der Waals surface area (Å²) in [6.45, 7) is 5.00. The Bertz CT molecular complexity index is 1030. The van der Waals surface area contributed by atoms with Gasteiger partial charge in [-0.3, -0.25) is 14.6 Å². The highest BCUT2D eigenvalue weighted by Crippen LogP contribution is 2.13. The van der Waals surface area contributed by atoms with Crippen molar-refractivity contribution in [2.24, 2.45) is 22.2 Å². The molecule has 1 aromatic carbocycles. The van der Waals surface area contributed by atoms with Gasteiger partial charge in [0.25, 0.3) is 5.54 Å².